The number of nitrogens with zero attached hydrogens (tertiary/aromatic N) is 2. The molecule has 1 amide bonds. The number of guanidine groups is 1. The quantitative estimate of drug-likeness (QED) is 0.317. The van der Waals surface area contributed by atoms with Crippen molar-refractivity contribution in [3.8, 4) is 0 Å². The monoisotopic (exact) mass is 516 g/mol. The number of hydrogen-bond acceptors (Lipinski definition) is 3. The highest BCUT2D eigenvalue weighted by atomic mass is 127. The third-order valence-electron chi connectivity index (χ3n) is 4.90. The number of carbonyl (C=O) groups is 1. The van der Waals surface area contributed by atoms with E-state index < -0.39 is 0 Å². The summed E-state index contributed by atoms with van der Waals surface area (Å²) < 4.78 is 5.94. The topological polar surface area (TPSA) is 66.0 Å². The van der Waals surface area contributed by atoms with Crippen LogP contribution >= 0.6 is 24.0 Å². The van der Waals surface area contributed by atoms with Crippen LogP contribution in [-0.4, -0.2) is 62.2 Å². The molecule has 1 aromatic rings. The van der Waals surface area contributed by atoms with Crippen LogP contribution in [0.4, 0.5) is 0 Å². The molecular formula is C22H37IN4O2. The Morgan fingerprint density at radius 2 is 1.83 bits per heavy atom. The molecule has 1 fully saturated rings. The molecule has 0 aromatic heterocycles. The van der Waals surface area contributed by atoms with Crippen molar-refractivity contribution in [3.63, 3.8) is 0 Å². The first-order chi connectivity index (χ1) is 13.4. The van der Waals surface area contributed by atoms with E-state index in [4.69, 9.17) is 4.74 Å². The molecule has 164 valence electrons. The number of halogens is 1. The van der Waals surface area contributed by atoms with E-state index >= 15 is 0 Å². The lowest BCUT2D eigenvalue weighted by molar-refractivity contribution is -0.127. The van der Waals surface area contributed by atoms with E-state index in [0.717, 1.165) is 44.6 Å². The molecule has 29 heavy (non-hydrogen) atoms. The summed E-state index contributed by atoms with van der Waals surface area (Å²) in [5, 5.41) is 6.91. The molecule has 0 heterocycles. The van der Waals surface area contributed by atoms with Gasteiger partial charge in [0.05, 0.1) is 12.2 Å². The van der Waals surface area contributed by atoms with Crippen molar-refractivity contribution in [2.45, 2.75) is 64.2 Å². The van der Waals surface area contributed by atoms with Crippen LogP contribution < -0.4 is 10.6 Å². The van der Waals surface area contributed by atoms with Gasteiger partial charge in [-0.15, -0.1) is 24.0 Å². The molecule has 0 radical (unpaired) electrons. The molecule has 1 saturated carbocycles. The summed E-state index contributed by atoms with van der Waals surface area (Å²) in [5.41, 5.74) is 1.28. The Morgan fingerprint density at radius 3 is 2.41 bits per heavy atom. The Bertz CT molecular complexity index is 614. The lowest BCUT2D eigenvalue weighted by Gasteiger charge is -2.31. The Morgan fingerprint density at radius 1 is 1.17 bits per heavy atom. The standard InChI is InChI=1S/C22H36N4O2.HI/c1-17(2)28-20-12-10-19(11-13-20)25-22(24-16-21(27)26(3)4)23-15-14-18-8-6-5-7-9-18;/h5-9,17,19-20H,10-16H2,1-4H3,(H2,23,24,25);1H. The van der Waals surface area contributed by atoms with E-state index in [1.54, 1.807) is 19.0 Å². The normalized spacial score (nSPS) is 19.4. The van der Waals surface area contributed by atoms with Crippen molar-refractivity contribution >= 4 is 35.8 Å². The van der Waals surface area contributed by atoms with Gasteiger partial charge >= 0.3 is 0 Å². The number of ether oxygens (including phenoxy) is 1. The summed E-state index contributed by atoms with van der Waals surface area (Å²) in [5.74, 6) is 0.720. The SMILES string of the molecule is CC(C)OC1CCC(NC(=NCC(=O)N(C)C)NCCc2ccccc2)CC1.I. The van der Waals surface area contributed by atoms with Crippen LogP contribution in [0.3, 0.4) is 0 Å². The van der Waals surface area contributed by atoms with Gasteiger partial charge in [0.2, 0.25) is 5.91 Å². The Hall–Kier alpha value is -1.35. The number of nitrogens with one attached hydrogen (secondary N) is 2. The Kier molecular flexibility index (Phi) is 12.2. The van der Waals surface area contributed by atoms with Gasteiger partial charge < -0.3 is 20.3 Å². The Balaban J connectivity index is 0.00000420. The van der Waals surface area contributed by atoms with Gasteiger partial charge in [-0.2, -0.15) is 0 Å². The van der Waals surface area contributed by atoms with E-state index in [2.05, 4.69) is 53.7 Å². The summed E-state index contributed by atoms with van der Waals surface area (Å²) in [4.78, 5) is 18.0. The largest absolute Gasteiger partial charge is 0.376 e. The van der Waals surface area contributed by atoms with Gasteiger partial charge in [0, 0.05) is 26.7 Å². The van der Waals surface area contributed by atoms with Crippen molar-refractivity contribution < 1.29 is 9.53 Å². The minimum absolute atomic E-state index is 0. The van der Waals surface area contributed by atoms with Crippen LogP contribution in [0.5, 0.6) is 0 Å². The van der Waals surface area contributed by atoms with E-state index in [-0.39, 0.29) is 42.5 Å². The minimum Gasteiger partial charge on any atom is -0.376 e. The molecule has 0 bridgehead atoms. The van der Waals surface area contributed by atoms with Gasteiger partial charge in [-0.25, -0.2) is 4.99 Å². The molecule has 0 unspecified atom stereocenters. The average Bonchev–Trinajstić information content (AvgIpc) is 2.67. The lowest BCUT2D eigenvalue weighted by Crippen LogP contribution is -2.46. The first kappa shape index (κ1) is 25.7. The van der Waals surface area contributed by atoms with Gasteiger partial charge in [-0.05, 0) is 51.5 Å². The number of amides is 1. The molecule has 2 N–H and O–H groups in total. The predicted molar refractivity (Wildman–Crippen MR) is 130 cm³/mol. The minimum atomic E-state index is -0.00167. The van der Waals surface area contributed by atoms with Crippen molar-refractivity contribution in [1.29, 1.82) is 0 Å². The zero-order valence-corrected chi connectivity index (χ0v) is 20.5. The van der Waals surface area contributed by atoms with Crippen LogP contribution in [0.2, 0.25) is 0 Å². The van der Waals surface area contributed by atoms with E-state index in [1.165, 1.54) is 5.56 Å². The maximum Gasteiger partial charge on any atom is 0.243 e. The fourth-order valence-electron chi connectivity index (χ4n) is 3.33. The second-order valence-corrected chi connectivity index (χ2v) is 7.92. The summed E-state index contributed by atoms with van der Waals surface area (Å²) >= 11 is 0. The Labute approximate surface area is 192 Å². The zero-order valence-electron chi connectivity index (χ0n) is 18.2. The van der Waals surface area contributed by atoms with Crippen LogP contribution in [0.25, 0.3) is 0 Å². The van der Waals surface area contributed by atoms with Gasteiger partial charge in [-0.1, -0.05) is 30.3 Å². The first-order valence-corrected chi connectivity index (χ1v) is 10.4. The second-order valence-electron chi connectivity index (χ2n) is 7.92. The summed E-state index contributed by atoms with van der Waals surface area (Å²) in [6.45, 7) is 5.11. The third-order valence-corrected chi connectivity index (χ3v) is 4.90. The van der Waals surface area contributed by atoms with E-state index in [9.17, 15) is 4.79 Å². The van der Waals surface area contributed by atoms with Crippen molar-refractivity contribution in [2.75, 3.05) is 27.2 Å². The molecular weight excluding hydrogens is 479 g/mol. The number of rotatable bonds is 8. The van der Waals surface area contributed by atoms with Crippen molar-refractivity contribution in [3.05, 3.63) is 35.9 Å². The molecule has 1 aromatic carbocycles. The highest BCUT2D eigenvalue weighted by Gasteiger charge is 2.23. The molecule has 7 heteroatoms. The number of carbonyl (C=O) groups excluding carboxylic acids is 1. The fourth-order valence-corrected chi connectivity index (χ4v) is 3.33. The van der Waals surface area contributed by atoms with Gasteiger partial charge in [0.15, 0.2) is 5.96 Å². The van der Waals surface area contributed by atoms with Crippen molar-refractivity contribution in [1.82, 2.24) is 15.5 Å². The summed E-state index contributed by atoms with van der Waals surface area (Å²) in [6, 6.07) is 10.7. The first-order valence-electron chi connectivity index (χ1n) is 10.4. The molecule has 1 aliphatic carbocycles. The van der Waals surface area contributed by atoms with Gasteiger partial charge in [-0.3, -0.25) is 4.79 Å². The van der Waals surface area contributed by atoms with E-state index in [1.807, 2.05) is 6.07 Å². The summed E-state index contributed by atoms with van der Waals surface area (Å²) in [7, 11) is 3.51. The molecule has 0 aliphatic heterocycles. The maximum atomic E-state index is 11.9. The van der Waals surface area contributed by atoms with Crippen LogP contribution in [0.1, 0.15) is 45.1 Å². The molecule has 0 saturated heterocycles. The summed E-state index contributed by atoms with van der Waals surface area (Å²) in [6.07, 6.45) is 5.78. The van der Waals surface area contributed by atoms with Crippen LogP contribution in [0, 0.1) is 0 Å². The van der Waals surface area contributed by atoms with Crippen LogP contribution in [0.15, 0.2) is 35.3 Å². The number of aliphatic imine (C=N–C) groups is 1. The maximum absolute atomic E-state index is 11.9. The molecule has 2 rings (SSSR count). The zero-order chi connectivity index (χ0) is 20.4. The van der Waals surface area contributed by atoms with E-state index in [0.29, 0.717) is 12.1 Å². The highest BCUT2D eigenvalue weighted by Crippen LogP contribution is 2.22. The molecule has 1 aliphatic rings. The highest BCUT2D eigenvalue weighted by molar-refractivity contribution is 14.0. The molecule has 6 nitrogen and oxygen atoms in total. The number of benzene rings is 1. The van der Waals surface area contributed by atoms with Gasteiger partial charge in [0.25, 0.3) is 0 Å². The average molecular weight is 516 g/mol. The van der Waals surface area contributed by atoms with Crippen molar-refractivity contribution in [2.24, 2.45) is 4.99 Å². The lowest BCUT2D eigenvalue weighted by atomic mass is 9.93. The smallest absolute Gasteiger partial charge is 0.243 e. The fraction of sp³-hybridized carbons (Fsp3) is 0.636. The number of likely N-dealkylation sites (N-methyl/N-ethyl adjacent to an activating group) is 1. The van der Waals surface area contributed by atoms with Crippen LogP contribution in [-0.2, 0) is 16.0 Å². The number of hydrogen-bond donors (Lipinski definition) is 2. The molecule has 0 spiro atoms. The van der Waals surface area contributed by atoms with Gasteiger partial charge in [0.1, 0.15) is 6.54 Å². The molecule has 0 atom stereocenters. The second kappa shape index (κ2) is 13.8. The predicted octanol–water partition coefficient (Wildman–Crippen LogP) is 3.21. The third kappa shape index (κ3) is 10.3.